The van der Waals surface area contributed by atoms with E-state index in [0.29, 0.717) is 5.41 Å². The van der Waals surface area contributed by atoms with Gasteiger partial charge in [-0.05, 0) is 44.2 Å². The molecule has 1 aromatic rings. The van der Waals surface area contributed by atoms with Crippen LogP contribution in [0.4, 0.5) is 0 Å². The van der Waals surface area contributed by atoms with Gasteiger partial charge in [0.05, 0.1) is 6.54 Å². The van der Waals surface area contributed by atoms with Crippen molar-refractivity contribution in [2.24, 2.45) is 5.41 Å². The third kappa shape index (κ3) is 3.46. The lowest BCUT2D eigenvalue weighted by Crippen LogP contribution is -2.50. The Morgan fingerprint density at radius 3 is 2.71 bits per heavy atom. The van der Waals surface area contributed by atoms with Crippen LogP contribution in [0.1, 0.15) is 58.2 Å². The van der Waals surface area contributed by atoms with Gasteiger partial charge in [-0.2, -0.15) is 0 Å². The summed E-state index contributed by atoms with van der Waals surface area (Å²) in [6.07, 6.45) is 5.30. The molecule has 1 spiro atoms. The molecule has 5 heteroatoms. The zero-order valence-electron chi connectivity index (χ0n) is 13.6. The molecule has 2 aliphatic heterocycles. The molecule has 5 nitrogen and oxygen atoms in total. The van der Waals surface area contributed by atoms with E-state index in [-0.39, 0.29) is 5.41 Å². The molecule has 118 valence electrons. The van der Waals surface area contributed by atoms with E-state index in [9.17, 15) is 0 Å². The van der Waals surface area contributed by atoms with E-state index in [1.807, 2.05) is 0 Å². The number of nitrogens with zero attached hydrogens (tertiary/aromatic N) is 3. The van der Waals surface area contributed by atoms with Gasteiger partial charge in [-0.15, -0.1) is 10.2 Å². The lowest BCUT2D eigenvalue weighted by molar-refractivity contribution is 0.0546. The quantitative estimate of drug-likeness (QED) is 0.906. The minimum absolute atomic E-state index is 0.0678. The Hall–Kier alpha value is -0.940. The van der Waals surface area contributed by atoms with Gasteiger partial charge in [0.25, 0.3) is 0 Å². The molecule has 0 bridgehead atoms. The van der Waals surface area contributed by atoms with Gasteiger partial charge in [0.1, 0.15) is 0 Å². The molecule has 2 fully saturated rings. The second-order valence-electron chi connectivity index (χ2n) is 7.85. The number of rotatable bonds is 2. The van der Waals surface area contributed by atoms with Crippen molar-refractivity contribution in [1.29, 1.82) is 0 Å². The standard InChI is InChI=1S/C16H28N4O/c1-15(2,3)14-19-18-13(21-14)10-20-9-5-7-16(12-20)6-4-8-17-11-16/h17H,4-12H2,1-3H3. The topological polar surface area (TPSA) is 54.2 Å². The number of piperidine rings is 2. The summed E-state index contributed by atoms with van der Waals surface area (Å²) in [4.78, 5) is 2.50. The SMILES string of the molecule is CC(C)(C)c1nnc(CN2CCCC3(CCCNC3)C2)o1. The molecule has 3 rings (SSSR count). The first-order valence-corrected chi connectivity index (χ1v) is 8.23. The predicted octanol–water partition coefficient (Wildman–Crippen LogP) is 2.33. The average Bonchev–Trinajstić information content (AvgIpc) is 2.88. The van der Waals surface area contributed by atoms with Crippen LogP contribution in [0.5, 0.6) is 0 Å². The molecule has 1 N–H and O–H groups in total. The average molecular weight is 292 g/mol. The van der Waals surface area contributed by atoms with Crippen LogP contribution in [0.3, 0.4) is 0 Å². The second kappa shape index (κ2) is 5.69. The number of likely N-dealkylation sites (tertiary alicyclic amines) is 1. The maximum absolute atomic E-state index is 5.85. The fourth-order valence-corrected chi connectivity index (χ4v) is 3.64. The van der Waals surface area contributed by atoms with E-state index in [1.165, 1.54) is 38.8 Å². The predicted molar refractivity (Wildman–Crippen MR) is 82.0 cm³/mol. The molecule has 2 saturated heterocycles. The van der Waals surface area contributed by atoms with Crippen LogP contribution in [0.2, 0.25) is 0 Å². The van der Waals surface area contributed by atoms with Gasteiger partial charge in [-0.25, -0.2) is 0 Å². The Bertz CT molecular complexity index is 465. The maximum atomic E-state index is 5.85. The molecular weight excluding hydrogens is 264 g/mol. The molecule has 1 unspecified atom stereocenters. The first kappa shape index (κ1) is 15.0. The zero-order valence-corrected chi connectivity index (χ0v) is 13.6. The molecule has 0 aliphatic carbocycles. The van der Waals surface area contributed by atoms with Gasteiger partial charge < -0.3 is 9.73 Å². The van der Waals surface area contributed by atoms with E-state index in [2.05, 4.69) is 41.2 Å². The van der Waals surface area contributed by atoms with Crippen molar-refractivity contribution in [2.75, 3.05) is 26.2 Å². The Labute approximate surface area is 127 Å². The van der Waals surface area contributed by atoms with E-state index >= 15 is 0 Å². The Morgan fingerprint density at radius 1 is 1.24 bits per heavy atom. The second-order valence-corrected chi connectivity index (χ2v) is 7.85. The van der Waals surface area contributed by atoms with Crippen molar-refractivity contribution in [3.8, 4) is 0 Å². The third-order valence-electron chi connectivity index (χ3n) is 4.77. The highest BCUT2D eigenvalue weighted by Gasteiger charge is 2.36. The van der Waals surface area contributed by atoms with Crippen molar-refractivity contribution < 1.29 is 4.42 Å². The van der Waals surface area contributed by atoms with Crippen molar-refractivity contribution in [2.45, 2.75) is 58.4 Å². The van der Waals surface area contributed by atoms with Crippen LogP contribution in [0.25, 0.3) is 0 Å². The molecule has 0 amide bonds. The van der Waals surface area contributed by atoms with Crippen LogP contribution < -0.4 is 5.32 Å². The van der Waals surface area contributed by atoms with Gasteiger partial charge in [-0.3, -0.25) is 4.90 Å². The summed E-state index contributed by atoms with van der Waals surface area (Å²) < 4.78 is 5.85. The van der Waals surface area contributed by atoms with Crippen LogP contribution in [0.15, 0.2) is 4.42 Å². The van der Waals surface area contributed by atoms with E-state index in [0.717, 1.165) is 31.4 Å². The smallest absolute Gasteiger partial charge is 0.230 e. The van der Waals surface area contributed by atoms with Crippen molar-refractivity contribution in [3.63, 3.8) is 0 Å². The van der Waals surface area contributed by atoms with Gasteiger partial charge >= 0.3 is 0 Å². The molecule has 0 aromatic carbocycles. The molecule has 3 heterocycles. The van der Waals surface area contributed by atoms with Crippen LogP contribution in [0, 0.1) is 5.41 Å². The normalized spacial score (nSPS) is 28.1. The number of aromatic nitrogens is 2. The summed E-state index contributed by atoms with van der Waals surface area (Å²) in [5.41, 5.74) is 0.408. The summed E-state index contributed by atoms with van der Waals surface area (Å²) >= 11 is 0. The lowest BCUT2D eigenvalue weighted by atomic mass is 9.74. The first-order valence-electron chi connectivity index (χ1n) is 8.23. The Morgan fingerprint density at radius 2 is 2.05 bits per heavy atom. The van der Waals surface area contributed by atoms with Gasteiger partial charge in [-0.1, -0.05) is 20.8 Å². The molecular formula is C16H28N4O. The molecule has 21 heavy (non-hydrogen) atoms. The van der Waals surface area contributed by atoms with E-state index < -0.39 is 0 Å². The van der Waals surface area contributed by atoms with Gasteiger partial charge in [0, 0.05) is 18.5 Å². The summed E-state index contributed by atoms with van der Waals surface area (Å²) in [6, 6.07) is 0. The highest BCUT2D eigenvalue weighted by atomic mass is 16.4. The van der Waals surface area contributed by atoms with E-state index in [1.54, 1.807) is 0 Å². The number of nitrogens with one attached hydrogen (secondary N) is 1. The monoisotopic (exact) mass is 292 g/mol. The molecule has 0 radical (unpaired) electrons. The molecule has 2 aliphatic rings. The maximum Gasteiger partial charge on any atom is 0.230 e. The zero-order chi connectivity index (χ0) is 14.9. The fraction of sp³-hybridized carbons (Fsp3) is 0.875. The third-order valence-corrected chi connectivity index (χ3v) is 4.77. The highest BCUT2D eigenvalue weighted by Crippen LogP contribution is 2.36. The number of hydrogen-bond acceptors (Lipinski definition) is 5. The summed E-state index contributed by atoms with van der Waals surface area (Å²) in [7, 11) is 0. The summed E-state index contributed by atoms with van der Waals surface area (Å²) in [5, 5.41) is 12.0. The van der Waals surface area contributed by atoms with Crippen molar-refractivity contribution in [3.05, 3.63) is 11.8 Å². The van der Waals surface area contributed by atoms with E-state index in [4.69, 9.17) is 4.42 Å². The van der Waals surface area contributed by atoms with Gasteiger partial charge in [0.15, 0.2) is 0 Å². The molecule has 1 aromatic heterocycles. The van der Waals surface area contributed by atoms with Crippen LogP contribution in [-0.4, -0.2) is 41.3 Å². The van der Waals surface area contributed by atoms with Crippen LogP contribution in [-0.2, 0) is 12.0 Å². The van der Waals surface area contributed by atoms with Crippen molar-refractivity contribution in [1.82, 2.24) is 20.4 Å². The minimum atomic E-state index is -0.0678. The van der Waals surface area contributed by atoms with Crippen LogP contribution >= 0.6 is 0 Å². The summed E-state index contributed by atoms with van der Waals surface area (Å²) in [5.74, 6) is 1.50. The lowest BCUT2D eigenvalue weighted by Gasteiger charge is -2.45. The number of hydrogen-bond donors (Lipinski definition) is 1. The Balaban J connectivity index is 1.63. The van der Waals surface area contributed by atoms with Crippen molar-refractivity contribution >= 4 is 0 Å². The fourth-order valence-electron chi connectivity index (χ4n) is 3.64. The Kier molecular flexibility index (Phi) is 4.06. The summed E-state index contributed by atoms with van der Waals surface area (Å²) in [6.45, 7) is 11.8. The first-order chi connectivity index (χ1) is 9.97. The largest absolute Gasteiger partial charge is 0.423 e. The molecule has 1 atom stereocenters. The van der Waals surface area contributed by atoms with Gasteiger partial charge in [0.2, 0.25) is 11.8 Å². The minimum Gasteiger partial charge on any atom is -0.423 e. The molecule has 0 saturated carbocycles. The highest BCUT2D eigenvalue weighted by molar-refractivity contribution is 4.97.